The second-order valence-corrected chi connectivity index (χ2v) is 5.68. The first kappa shape index (κ1) is 13.3. The fourth-order valence-electron chi connectivity index (χ4n) is 2.41. The molecule has 5 heteroatoms. The van der Waals surface area contributed by atoms with E-state index in [4.69, 9.17) is 0 Å². The molecule has 0 spiro atoms. The number of nitrogens with zero attached hydrogens (tertiary/aromatic N) is 3. The Hall–Kier alpha value is -1.72. The molecule has 2 aromatic heterocycles. The molecule has 0 aliphatic heterocycles. The zero-order chi connectivity index (χ0) is 13.9. The SMILES string of the molecule is CCCn1c(CC(O)c2nccs2)nc2ccccc21. The number of aliphatic hydroxyl groups is 1. The molecule has 3 rings (SSSR count). The molecular formula is C15H17N3OS. The van der Waals surface area contributed by atoms with E-state index in [2.05, 4.69) is 27.5 Å². The van der Waals surface area contributed by atoms with Crippen molar-refractivity contribution in [3.05, 3.63) is 46.7 Å². The Kier molecular flexibility index (Phi) is 3.80. The monoisotopic (exact) mass is 287 g/mol. The molecule has 1 N–H and O–H groups in total. The fraction of sp³-hybridized carbons (Fsp3) is 0.333. The number of hydrogen-bond acceptors (Lipinski definition) is 4. The van der Waals surface area contributed by atoms with Crippen molar-refractivity contribution in [3.8, 4) is 0 Å². The molecule has 0 aliphatic carbocycles. The van der Waals surface area contributed by atoms with Gasteiger partial charge in [0.05, 0.1) is 11.0 Å². The highest BCUT2D eigenvalue weighted by Crippen LogP contribution is 2.23. The van der Waals surface area contributed by atoms with Gasteiger partial charge in [-0.3, -0.25) is 0 Å². The van der Waals surface area contributed by atoms with E-state index in [-0.39, 0.29) is 0 Å². The lowest BCUT2D eigenvalue weighted by Crippen LogP contribution is -2.09. The van der Waals surface area contributed by atoms with E-state index in [0.29, 0.717) is 6.42 Å². The second-order valence-electron chi connectivity index (χ2n) is 4.76. The highest BCUT2D eigenvalue weighted by atomic mass is 32.1. The number of hydrogen-bond donors (Lipinski definition) is 1. The van der Waals surface area contributed by atoms with E-state index >= 15 is 0 Å². The molecule has 104 valence electrons. The van der Waals surface area contributed by atoms with Crippen molar-refractivity contribution in [2.75, 3.05) is 0 Å². The Morgan fingerprint density at radius 3 is 2.95 bits per heavy atom. The van der Waals surface area contributed by atoms with Crippen molar-refractivity contribution in [3.63, 3.8) is 0 Å². The second kappa shape index (κ2) is 5.73. The molecule has 0 radical (unpaired) electrons. The zero-order valence-corrected chi connectivity index (χ0v) is 12.2. The van der Waals surface area contributed by atoms with Crippen LogP contribution in [0.25, 0.3) is 11.0 Å². The smallest absolute Gasteiger partial charge is 0.122 e. The molecule has 0 saturated carbocycles. The van der Waals surface area contributed by atoms with Gasteiger partial charge in [-0.1, -0.05) is 19.1 Å². The average molecular weight is 287 g/mol. The van der Waals surface area contributed by atoms with Crippen LogP contribution in [0.5, 0.6) is 0 Å². The lowest BCUT2D eigenvalue weighted by atomic mass is 10.2. The number of para-hydroxylation sites is 2. The minimum Gasteiger partial charge on any atom is -0.385 e. The van der Waals surface area contributed by atoms with Crippen LogP contribution >= 0.6 is 11.3 Å². The lowest BCUT2D eigenvalue weighted by Gasteiger charge is -2.10. The van der Waals surface area contributed by atoms with Gasteiger partial charge in [-0.05, 0) is 18.6 Å². The van der Waals surface area contributed by atoms with Crippen LogP contribution < -0.4 is 0 Å². The summed E-state index contributed by atoms with van der Waals surface area (Å²) in [5, 5.41) is 12.9. The predicted molar refractivity (Wildman–Crippen MR) is 80.8 cm³/mol. The summed E-state index contributed by atoms with van der Waals surface area (Å²) in [7, 11) is 0. The molecule has 20 heavy (non-hydrogen) atoms. The van der Waals surface area contributed by atoms with E-state index in [0.717, 1.165) is 34.8 Å². The number of aliphatic hydroxyl groups excluding tert-OH is 1. The van der Waals surface area contributed by atoms with Crippen molar-refractivity contribution in [1.82, 2.24) is 14.5 Å². The van der Waals surface area contributed by atoms with Gasteiger partial charge in [0.15, 0.2) is 0 Å². The zero-order valence-electron chi connectivity index (χ0n) is 11.4. The number of aryl methyl sites for hydroxylation is 1. The van der Waals surface area contributed by atoms with Crippen LogP contribution in [0, 0.1) is 0 Å². The number of fused-ring (bicyclic) bond motifs is 1. The highest BCUT2D eigenvalue weighted by Gasteiger charge is 2.17. The lowest BCUT2D eigenvalue weighted by molar-refractivity contribution is 0.174. The highest BCUT2D eigenvalue weighted by molar-refractivity contribution is 7.09. The minimum atomic E-state index is -0.581. The van der Waals surface area contributed by atoms with E-state index in [1.54, 1.807) is 6.20 Å². The Balaban J connectivity index is 1.96. The molecular weight excluding hydrogens is 270 g/mol. The van der Waals surface area contributed by atoms with Crippen molar-refractivity contribution in [2.24, 2.45) is 0 Å². The quantitative estimate of drug-likeness (QED) is 0.784. The number of thiazole rings is 1. The Bertz CT molecular complexity index is 690. The Morgan fingerprint density at radius 2 is 2.20 bits per heavy atom. The number of benzene rings is 1. The summed E-state index contributed by atoms with van der Waals surface area (Å²) in [6.07, 6.45) is 2.68. The third-order valence-corrected chi connectivity index (χ3v) is 4.17. The summed E-state index contributed by atoms with van der Waals surface area (Å²) >= 11 is 1.48. The van der Waals surface area contributed by atoms with Crippen molar-refractivity contribution in [2.45, 2.75) is 32.4 Å². The molecule has 0 aliphatic rings. The maximum absolute atomic E-state index is 10.3. The van der Waals surface area contributed by atoms with Gasteiger partial charge in [0.2, 0.25) is 0 Å². The molecule has 0 amide bonds. The first-order chi connectivity index (χ1) is 9.79. The largest absolute Gasteiger partial charge is 0.385 e. The topological polar surface area (TPSA) is 50.9 Å². The molecule has 0 fully saturated rings. The van der Waals surface area contributed by atoms with Crippen LogP contribution in [0.2, 0.25) is 0 Å². The van der Waals surface area contributed by atoms with Crippen LogP contribution in [-0.4, -0.2) is 19.6 Å². The molecule has 1 aromatic carbocycles. The Morgan fingerprint density at radius 1 is 1.35 bits per heavy atom. The van der Waals surface area contributed by atoms with Crippen molar-refractivity contribution in [1.29, 1.82) is 0 Å². The predicted octanol–water partition coefficient (Wildman–Crippen LogP) is 3.18. The van der Waals surface area contributed by atoms with Gasteiger partial charge in [-0.2, -0.15) is 0 Å². The molecule has 2 heterocycles. The van der Waals surface area contributed by atoms with Crippen LogP contribution in [0.3, 0.4) is 0 Å². The third kappa shape index (κ3) is 2.46. The Labute approximate surface area is 121 Å². The van der Waals surface area contributed by atoms with E-state index in [1.807, 2.05) is 23.6 Å². The first-order valence-corrected chi connectivity index (χ1v) is 7.69. The summed E-state index contributed by atoms with van der Waals surface area (Å²) in [6, 6.07) is 8.11. The molecule has 1 atom stereocenters. The van der Waals surface area contributed by atoms with Gasteiger partial charge in [0, 0.05) is 24.5 Å². The van der Waals surface area contributed by atoms with E-state index in [9.17, 15) is 5.11 Å². The van der Waals surface area contributed by atoms with Gasteiger partial charge in [-0.25, -0.2) is 9.97 Å². The summed E-state index contributed by atoms with van der Waals surface area (Å²) < 4.78 is 2.20. The first-order valence-electron chi connectivity index (χ1n) is 6.81. The summed E-state index contributed by atoms with van der Waals surface area (Å²) in [5.41, 5.74) is 2.12. The van der Waals surface area contributed by atoms with Crippen molar-refractivity contribution >= 4 is 22.4 Å². The normalized spacial score (nSPS) is 12.9. The minimum absolute atomic E-state index is 0.502. The summed E-state index contributed by atoms with van der Waals surface area (Å²) in [4.78, 5) is 8.83. The third-order valence-electron chi connectivity index (χ3n) is 3.29. The molecule has 0 saturated heterocycles. The van der Waals surface area contributed by atoms with Crippen LogP contribution in [-0.2, 0) is 13.0 Å². The average Bonchev–Trinajstić information content (AvgIpc) is 3.08. The fourth-order valence-corrected chi connectivity index (χ4v) is 3.04. The number of imidazole rings is 1. The van der Waals surface area contributed by atoms with Crippen LogP contribution in [0.15, 0.2) is 35.8 Å². The summed E-state index contributed by atoms with van der Waals surface area (Å²) in [6.45, 7) is 3.07. The molecule has 0 bridgehead atoms. The van der Waals surface area contributed by atoms with Crippen LogP contribution in [0.4, 0.5) is 0 Å². The van der Waals surface area contributed by atoms with Gasteiger partial charge in [0.1, 0.15) is 16.9 Å². The molecule has 4 nitrogen and oxygen atoms in total. The van der Waals surface area contributed by atoms with Gasteiger partial charge < -0.3 is 9.67 Å². The van der Waals surface area contributed by atoms with Gasteiger partial charge >= 0.3 is 0 Å². The molecule has 1 unspecified atom stereocenters. The van der Waals surface area contributed by atoms with Gasteiger partial charge in [-0.15, -0.1) is 11.3 Å². The molecule has 3 aromatic rings. The summed E-state index contributed by atoms with van der Waals surface area (Å²) in [5.74, 6) is 0.927. The standard InChI is InChI=1S/C15H17N3OS/c1-2-8-18-12-6-4-3-5-11(12)17-14(18)10-13(19)15-16-7-9-20-15/h3-7,9,13,19H,2,8,10H2,1H3. The number of rotatable bonds is 5. The maximum Gasteiger partial charge on any atom is 0.122 e. The van der Waals surface area contributed by atoms with Crippen molar-refractivity contribution < 1.29 is 5.11 Å². The maximum atomic E-state index is 10.3. The van der Waals surface area contributed by atoms with Crippen LogP contribution in [0.1, 0.15) is 30.3 Å². The van der Waals surface area contributed by atoms with E-state index in [1.165, 1.54) is 11.3 Å². The van der Waals surface area contributed by atoms with E-state index < -0.39 is 6.10 Å². The number of aromatic nitrogens is 3. The van der Waals surface area contributed by atoms with Gasteiger partial charge in [0.25, 0.3) is 0 Å².